The molecule has 3 heteroatoms. The van der Waals surface area contributed by atoms with Crippen molar-refractivity contribution in [1.29, 1.82) is 0 Å². The van der Waals surface area contributed by atoms with Gasteiger partial charge in [0.15, 0.2) is 11.5 Å². The summed E-state index contributed by atoms with van der Waals surface area (Å²) in [5, 5.41) is 2.86. The number of ketones is 1. The van der Waals surface area contributed by atoms with Crippen LogP contribution in [-0.4, -0.2) is 24.5 Å². The van der Waals surface area contributed by atoms with E-state index in [1.54, 1.807) is 0 Å². The monoisotopic (exact) mass is 145 g/mol. The van der Waals surface area contributed by atoms with Gasteiger partial charge in [0.05, 0.1) is 0 Å². The molecule has 10 heavy (non-hydrogen) atoms. The maximum Gasteiger partial charge on any atom is 0.180 e. The van der Waals surface area contributed by atoms with Crippen molar-refractivity contribution in [1.82, 2.24) is 5.32 Å². The Balaban J connectivity index is 2.56. The predicted molar refractivity (Wildman–Crippen MR) is 36.6 cm³/mol. The molecule has 58 valence electrons. The van der Waals surface area contributed by atoms with Crippen LogP contribution in [0.2, 0.25) is 0 Å². The van der Waals surface area contributed by atoms with Crippen molar-refractivity contribution in [3.8, 4) is 0 Å². The third-order valence-electron chi connectivity index (χ3n) is 1.96. The number of hydrogen-bond donors (Lipinski definition) is 1. The fourth-order valence-corrected chi connectivity index (χ4v) is 1.17. The molecule has 1 aliphatic heterocycles. The Bertz CT molecular complexity index is 141. The fourth-order valence-electron chi connectivity index (χ4n) is 1.17. The predicted octanol–water partition coefficient (Wildman–Crippen LogP) is 0.667. The standard InChI is InChI=1S/C7H12FNO/c1-6(10)7(8)3-2-4-9-5-7/h9H,2-5H2,1H3/t7-/m0/s1. The van der Waals surface area contributed by atoms with Crippen LogP contribution in [0.25, 0.3) is 0 Å². The van der Waals surface area contributed by atoms with Crippen LogP contribution < -0.4 is 5.32 Å². The molecular weight excluding hydrogens is 133 g/mol. The molecule has 1 saturated heterocycles. The lowest BCUT2D eigenvalue weighted by Crippen LogP contribution is -2.46. The van der Waals surface area contributed by atoms with Crippen LogP contribution in [0.5, 0.6) is 0 Å². The molecule has 1 heterocycles. The Morgan fingerprint density at radius 2 is 2.40 bits per heavy atom. The summed E-state index contributed by atoms with van der Waals surface area (Å²) < 4.78 is 13.3. The van der Waals surface area contributed by atoms with Crippen molar-refractivity contribution in [2.45, 2.75) is 25.4 Å². The van der Waals surface area contributed by atoms with E-state index >= 15 is 0 Å². The molecule has 0 saturated carbocycles. The lowest BCUT2D eigenvalue weighted by atomic mass is 9.93. The third-order valence-corrected chi connectivity index (χ3v) is 1.96. The molecule has 1 N–H and O–H groups in total. The first-order valence-corrected chi connectivity index (χ1v) is 3.56. The second-order valence-electron chi connectivity index (χ2n) is 2.80. The number of rotatable bonds is 1. The molecule has 1 rings (SSSR count). The van der Waals surface area contributed by atoms with Crippen molar-refractivity contribution >= 4 is 5.78 Å². The number of carbonyl (C=O) groups excluding carboxylic acids is 1. The van der Waals surface area contributed by atoms with Gasteiger partial charge >= 0.3 is 0 Å². The maximum absolute atomic E-state index is 13.3. The molecule has 1 fully saturated rings. The van der Waals surface area contributed by atoms with Crippen molar-refractivity contribution in [2.24, 2.45) is 0 Å². The molecule has 0 bridgehead atoms. The highest BCUT2D eigenvalue weighted by molar-refractivity contribution is 5.85. The molecule has 0 spiro atoms. The number of alkyl halides is 1. The highest BCUT2D eigenvalue weighted by atomic mass is 19.1. The number of piperidine rings is 1. The van der Waals surface area contributed by atoms with Crippen molar-refractivity contribution < 1.29 is 9.18 Å². The quantitative estimate of drug-likeness (QED) is 0.587. The van der Waals surface area contributed by atoms with E-state index in [0.717, 1.165) is 13.0 Å². The SMILES string of the molecule is CC(=O)[C@]1(F)CCCNC1. The Morgan fingerprint density at radius 1 is 1.70 bits per heavy atom. The number of Topliss-reactive ketones (excluding diaryl/α,β-unsaturated/α-hetero) is 1. The van der Waals surface area contributed by atoms with Gasteiger partial charge in [-0.1, -0.05) is 0 Å². The summed E-state index contributed by atoms with van der Waals surface area (Å²) in [6.07, 6.45) is 1.14. The van der Waals surface area contributed by atoms with E-state index in [1.165, 1.54) is 6.92 Å². The lowest BCUT2D eigenvalue weighted by Gasteiger charge is -2.27. The van der Waals surface area contributed by atoms with Gasteiger partial charge < -0.3 is 5.32 Å². The summed E-state index contributed by atoms with van der Waals surface area (Å²) in [6, 6.07) is 0. The molecule has 0 aromatic heterocycles. The molecule has 1 atom stereocenters. The van der Waals surface area contributed by atoms with Crippen LogP contribution in [0.4, 0.5) is 4.39 Å². The molecule has 1 aliphatic rings. The highest BCUT2D eigenvalue weighted by Gasteiger charge is 2.36. The topological polar surface area (TPSA) is 29.1 Å². The molecule has 0 radical (unpaired) electrons. The maximum atomic E-state index is 13.3. The van der Waals surface area contributed by atoms with Gasteiger partial charge in [-0.3, -0.25) is 4.79 Å². The molecule has 2 nitrogen and oxygen atoms in total. The molecule has 0 aromatic carbocycles. The second-order valence-corrected chi connectivity index (χ2v) is 2.80. The summed E-state index contributed by atoms with van der Waals surface area (Å²) in [6.45, 7) is 2.34. The van der Waals surface area contributed by atoms with Crippen LogP contribution in [0, 0.1) is 0 Å². The number of halogens is 1. The Kier molecular flexibility index (Phi) is 2.04. The molecule has 0 amide bonds. The number of carbonyl (C=O) groups is 1. The second kappa shape index (κ2) is 2.66. The first-order chi connectivity index (χ1) is 4.65. The Hall–Kier alpha value is -0.440. The molecule has 0 unspecified atom stereocenters. The van der Waals surface area contributed by atoms with Crippen LogP contribution in [0.1, 0.15) is 19.8 Å². The summed E-state index contributed by atoms with van der Waals surface area (Å²) >= 11 is 0. The number of nitrogens with one attached hydrogen (secondary N) is 1. The van der Waals surface area contributed by atoms with Gasteiger partial charge in [0.1, 0.15) is 0 Å². The van der Waals surface area contributed by atoms with Gasteiger partial charge in [0.25, 0.3) is 0 Å². The van der Waals surface area contributed by atoms with Gasteiger partial charge in [-0.25, -0.2) is 4.39 Å². The van der Waals surface area contributed by atoms with E-state index in [-0.39, 0.29) is 12.3 Å². The van der Waals surface area contributed by atoms with Crippen molar-refractivity contribution in [3.05, 3.63) is 0 Å². The van der Waals surface area contributed by atoms with E-state index < -0.39 is 5.67 Å². The van der Waals surface area contributed by atoms with E-state index in [4.69, 9.17) is 0 Å². The first kappa shape index (κ1) is 7.66. The minimum atomic E-state index is -1.57. The van der Waals surface area contributed by atoms with Crippen LogP contribution in [0.15, 0.2) is 0 Å². The zero-order valence-electron chi connectivity index (χ0n) is 6.11. The average molecular weight is 145 g/mol. The summed E-state index contributed by atoms with van der Waals surface area (Å²) in [5.74, 6) is -0.347. The fraction of sp³-hybridized carbons (Fsp3) is 0.857. The largest absolute Gasteiger partial charge is 0.313 e. The van der Waals surface area contributed by atoms with Gasteiger partial charge in [0.2, 0.25) is 0 Å². The Labute approximate surface area is 59.8 Å². The minimum absolute atomic E-state index is 0.197. The summed E-state index contributed by atoms with van der Waals surface area (Å²) in [7, 11) is 0. The van der Waals surface area contributed by atoms with Crippen LogP contribution in [0.3, 0.4) is 0 Å². The van der Waals surface area contributed by atoms with Gasteiger partial charge in [-0.15, -0.1) is 0 Å². The van der Waals surface area contributed by atoms with E-state index in [1.807, 2.05) is 0 Å². The normalized spacial score (nSPS) is 33.8. The van der Waals surface area contributed by atoms with Gasteiger partial charge in [0, 0.05) is 6.54 Å². The molecule has 0 aliphatic carbocycles. The first-order valence-electron chi connectivity index (χ1n) is 3.56. The van der Waals surface area contributed by atoms with Crippen molar-refractivity contribution in [3.63, 3.8) is 0 Å². The average Bonchev–Trinajstić information content (AvgIpc) is 1.89. The third kappa shape index (κ3) is 1.34. The minimum Gasteiger partial charge on any atom is -0.313 e. The molecular formula is C7H12FNO. The molecule has 0 aromatic rings. The zero-order chi connectivity index (χ0) is 7.61. The van der Waals surface area contributed by atoms with Crippen LogP contribution >= 0.6 is 0 Å². The summed E-state index contributed by atoms with van der Waals surface area (Å²) in [5.41, 5.74) is -1.57. The highest BCUT2D eigenvalue weighted by Crippen LogP contribution is 2.21. The van der Waals surface area contributed by atoms with Gasteiger partial charge in [-0.2, -0.15) is 0 Å². The van der Waals surface area contributed by atoms with Crippen LogP contribution in [-0.2, 0) is 4.79 Å². The Morgan fingerprint density at radius 3 is 2.70 bits per heavy atom. The van der Waals surface area contributed by atoms with E-state index in [0.29, 0.717) is 6.42 Å². The summed E-state index contributed by atoms with van der Waals surface area (Å²) in [4.78, 5) is 10.7. The van der Waals surface area contributed by atoms with Crippen molar-refractivity contribution in [2.75, 3.05) is 13.1 Å². The zero-order valence-corrected chi connectivity index (χ0v) is 6.11. The number of hydrogen-bond acceptors (Lipinski definition) is 2. The van der Waals surface area contributed by atoms with E-state index in [2.05, 4.69) is 5.32 Å². The lowest BCUT2D eigenvalue weighted by molar-refractivity contribution is -0.129. The van der Waals surface area contributed by atoms with E-state index in [9.17, 15) is 9.18 Å². The van der Waals surface area contributed by atoms with Gasteiger partial charge in [-0.05, 0) is 26.3 Å². The smallest absolute Gasteiger partial charge is 0.180 e.